The number of carbonyl (C=O) groups is 1. The molecule has 0 aliphatic rings. The minimum absolute atomic E-state index is 0.0691. The van der Waals surface area contributed by atoms with E-state index in [0.717, 1.165) is 0 Å². The molecule has 1 aromatic rings. The zero-order valence-corrected chi connectivity index (χ0v) is 10.9. The first-order valence-corrected chi connectivity index (χ1v) is 6.38. The average Bonchev–Trinajstić information content (AvgIpc) is 2.73. The maximum absolute atomic E-state index is 11.4. The highest BCUT2D eigenvalue weighted by Gasteiger charge is 2.08. The molecule has 0 saturated carbocycles. The van der Waals surface area contributed by atoms with Crippen molar-refractivity contribution < 1.29 is 4.79 Å². The van der Waals surface area contributed by atoms with Crippen LogP contribution in [0, 0.1) is 18.3 Å². The summed E-state index contributed by atoms with van der Waals surface area (Å²) >= 11 is 1.73. The Morgan fingerprint density at radius 1 is 1.59 bits per heavy atom. The molecule has 0 fully saturated rings. The van der Waals surface area contributed by atoms with Crippen molar-refractivity contribution in [3.63, 3.8) is 0 Å². The van der Waals surface area contributed by atoms with Gasteiger partial charge < -0.3 is 10.6 Å². The normalized spacial score (nSPS) is 11.8. The van der Waals surface area contributed by atoms with Gasteiger partial charge in [-0.1, -0.05) is 0 Å². The Labute approximate surface area is 106 Å². The third kappa shape index (κ3) is 4.98. The summed E-state index contributed by atoms with van der Waals surface area (Å²) in [5.41, 5.74) is 0. The molecule has 0 spiro atoms. The van der Waals surface area contributed by atoms with Crippen LogP contribution in [0.3, 0.4) is 0 Å². The monoisotopic (exact) mass is 251 g/mol. The highest BCUT2D eigenvalue weighted by molar-refractivity contribution is 7.12. The van der Waals surface area contributed by atoms with Crippen LogP contribution >= 0.6 is 11.3 Å². The van der Waals surface area contributed by atoms with Gasteiger partial charge in [-0.05, 0) is 26.0 Å². The van der Waals surface area contributed by atoms with Crippen LogP contribution in [-0.2, 0) is 4.79 Å². The molecule has 4 nitrogen and oxygen atoms in total. The standard InChI is InChI=1S/C12H17N3OS/c1-9-4-5-11(17-9)10(2)15-8-12(16)14-7-3-6-13/h4-5,10,15H,3,7-8H2,1-2H3,(H,14,16). The van der Waals surface area contributed by atoms with E-state index in [1.165, 1.54) is 9.75 Å². The Hall–Kier alpha value is -1.38. The van der Waals surface area contributed by atoms with Crippen LogP contribution in [0.25, 0.3) is 0 Å². The molecular formula is C12H17N3OS. The van der Waals surface area contributed by atoms with Gasteiger partial charge in [0.1, 0.15) is 0 Å². The van der Waals surface area contributed by atoms with Gasteiger partial charge in [0, 0.05) is 22.3 Å². The number of rotatable bonds is 6. The minimum atomic E-state index is -0.0691. The fourth-order valence-electron chi connectivity index (χ4n) is 1.35. The van der Waals surface area contributed by atoms with Crippen molar-refractivity contribution in [2.45, 2.75) is 26.3 Å². The summed E-state index contributed by atoms with van der Waals surface area (Å²) in [5, 5.41) is 14.2. The third-order valence-corrected chi connectivity index (χ3v) is 3.50. The van der Waals surface area contributed by atoms with Gasteiger partial charge in [0.25, 0.3) is 0 Å². The largest absolute Gasteiger partial charge is 0.354 e. The fourth-order valence-corrected chi connectivity index (χ4v) is 2.26. The van der Waals surface area contributed by atoms with E-state index in [9.17, 15) is 4.79 Å². The Kier molecular flexibility index (Phi) is 5.67. The SMILES string of the molecule is Cc1ccc(C(C)NCC(=O)NCCC#N)s1. The summed E-state index contributed by atoms with van der Waals surface area (Å²) in [4.78, 5) is 13.9. The molecule has 0 aliphatic carbocycles. The highest BCUT2D eigenvalue weighted by Crippen LogP contribution is 2.21. The lowest BCUT2D eigenvalue weighted by atomic mass is 10.2. The average molecular weight is 251 g/mol. The first kappa shape index (κ1) is 13.7. The molecule has 1 heterocycles. The highest BCUT2D eigenvalue weighted by atomic mass is 32.1. The van der Waals surface area contributed by atoms with E-state index in [4.69, 9.17) is 5.26 Å². The molecule has 1 aromatic heterocycles. The number of hydrogen-bond donors (Lipinski definition) is 2. The number of aryl methyl sites for hydroxylation is 1. The second kappa shape index (κ2) is 7.05. The fraction of sp³-hybridized carbons (Fsp3) is 0.500. The quantitative estimate of drug-likeness (QED) is 0.757. The smallest absolute Gasteiger partial charge is 0.234 e. The van der Waals surface area contributed by atoms with Crippen LogP contribution in [0.4, 0.5) is 0 Å². The molecule has 0 radical (unpaired) electrons. The van der Waals surface area contributed by atoms with Gasteiger partial charge in [0.15, 0.2) is 0 Å². The van der Waals surface area contributed by atoms with Crippen molar-refractivity contribution in [1.82, 2.24) is 10.6 Å². The van der Waals surface area contributed by atoms with E-state index >= 15 is 0 Å². The molecule has 1 atom stereocenters. The number of amides is 1. The van der Waals surface area contributed by atoms with Crippen LogP contribution in [0.15, 0.2) is 12.1 Å². The summed E-state index contributed by atoms with van der Waals surface area (Å²) in [6.45, 7) is 4.80. The van der Waals surface area contributed by atoms with Crippen LogP contribution in [-0.4, -0.2) is 19.0 Å². The summed E-state index contributed by atoms with van der Waals surface area (Å²) < 4.78 is 0. The van der Waals surface area contributed by atoms with Gasteiger partial charge in [-0.2, -0.15) is 5.26 Å². The number of nitriles is 1. The van der Waals surface area contributed by atoms with Crippen molar-refractivity contribution in [1.29, 1.82) is 5.26 Å². The van der Waals surface area contributed by atoms with Gasteiger partial charge in [-0.3, -0.25) is 4.79 Å². The predicted octanol–water partition coefficient (Wildman–Crippen LogP) is 1.74. The van der Waals surface area contributed by atoms with Gasteiger partial charge in [0.2, 0.25) is 5.91 Å². The zero-order valence-electron chi connectivity index (χ0n) is 10.1. The Bertz CT molecular complexity index is 408. The van der Waals surface area contributed by atoms with Crippen molar-refractivity contribution in [2.75, 3.05) is 13.1 Å². The Morgan fingerprint density at radius 3 is 2.94 bits per heavy atom. The molecule has 0 aromatic carbocycles. The minimum Gasteiger partial charge on any atom is -0.354 e. The number of nitrogens with zero attached hydrogens (tertiary/aromatic N) is 1. The Morgan fingerprint density at radius 2 is 2.35 bits per heavy atom. The van der Waals surface area contributed by atoms with Crippen LogP contribution in [0.2, 0.25) is 0 Å². The molecule has 1 rings (SSSR count). The van der Waals surface area contributed by atoms with Gasteiger partial charge in [-0.25, -0.2) is 0 Å². The summed E-state index contributed by atoms with van der Waals surface area (Å²) in [7, 11) is 0. The van der Waals surface area contributed by atoms with E-state index in [2.05, 4.69) is 29.7 Å². The van der Waals surface area contributed by atoms with Crippen molar-refractivity contribution in [2.24, 2.45) is 0 Å². The Balaban J connectivity index is 2.26. The van der Waals surface area contributed by atoms with E-state index in [-0.39, 0.29) is 18.5 Å². The predicted molar refractivity (Wildman–Crippen MR) is 68.7 cm³/mol. The maximum atomic E-state index is 11.4. The van der Waals surface area contributed by atoms with Crippen LogP contribution in [0.5, 0.6) is 0 Å². The van der Waals surface area contributed by atoms with E-state index < -0.39 is 0 Å². The lowest BCUT2D eigenvalue weighted by Crippen LogP contribution is -2.35. The number of carbonyl (C=O) groups excluding carboxylic acids is 1. The molecule has 0 bridgehead atoms. The topological polar surface area (TPSA) is 64.9 Å². The number of nitrogens with one attached hydrogen (secondary N) is 2. The van der Waals surface area contributed by atoms with Crippen LogP contribution in [0.1, 0.15) is 29.1 Å². The lowest BCUT2D eigenvalue weighted by Gasteiger charge is -2.11. The number of thiophene rings is 1. The van der Waals surface area contributed by atoms with E-state index in [1.54, 1.807) is 11.3 Å². The lowest BCUT2D eigenvalue weighted by molar-refractivity contribution is -0.120. The van der Waals surface area contributed by atoms with Gasteiger partial charge in [0.05, 0.1) is 19.0 Å². The third-order valence-electron chi connectivity index (χ3n) is 2.32. The van der Waals surface area contributed by atoms with Gasteiger partial charge >= 0.3 is 0 Å². The summed E-state index contributed by atoms with van der Waals surface area (Å²) in [5.74, 6) is -0.0691. The molecule has 2 N–H and O–H groups in total. The van der Waals surface area contributed by atoms with Crippen molar-refractivity contribution >= 4 is 17.2 Å². The molecule has 92 valence electrons. The first-order chi connectivity index (χ1) is 8.13. The maximum Gasteiger partial charge on any atom is 0.234 e. The summed E-state index contributed by atoms with van der Waals surface area (Å²) in [6, 6.07) is 6.31. The number of hydrogen-bond acceptors (Lipinski definition) is 4. The van der Waals surface area contributed by atoms with Crippen molar-refractivity contribution in [3.8, 4) is 6.07 Å². The van der Waals surface area contributed by atoms with Gasteiger partial charge in [-0.15, -0.1) is 11.3 Å². The second-order valence-electron chi connectivity index (χ2n) is 3.81. The molecule has 1 unspecified atom stereocenters. The molecule has 0 aliphatic heterocycles. The molecule has 1 amide bonds. The first-order valence-electron chi connectivity index (χ1n) is 5.57. The molecule has 5 heteroatoms. The molecular weight excluding hydrogens is 234 g/mol. The molecule has 17 heavy (non-hydrogen) atoms. The van der Waals surface area contributed by atoms with E-state index in [1.807, 2.05) is 13.0 Å². The zero-order chi connectivity index (χ0) is 12.7. The second-order valence-corrected chi connectivity index (χ2v) is 5.13. The van der Waals surface area contributed by atoms with E-state index in [0.29, 0.717) is 13.0 Å². The molecule has 0 saturated heterocycles. The van der Waals surface area contributed by atoms with Crippen molar-refractivity contribution in [3.05, 3.63) is 21.9 Å². The summed E-state index contributed by atoms with van der Waals surface area (Å²) in [6.07, 6.45) is 0.353. The van der Waals surface area contributed by atoms with Crippen LogP contribution < -0.4 is 10.6 Å².